The molecule has 106 valence electrons. The SMILES string of the molecule is OC1(CC(c2ccccc2)C(F)(F)F)CCCCC1. The maximum absolute atomic E-state index is 13.2. The van der Waals surface area contributed by atoms with Crippen LogP contribution in [0.4, 0.5) is 13.2 Å². The molecule has 0 spiro atoms. The summed E-state index contributed by atoms with van der Waals surface area (Å²) >= 11 is 0. The number of alkyl halides is 3. The zero-order valence-electron chi connectivity index (χ0n) is 10.8. The molecule has 1 aromatic rings. The second-order valence-electron chi connectivity index (χ2n) is 5.49. The summed E-state index contributed by atoms with van der Waals surface area (Å²) in [4.78, 5) is 0. The Morgan fingerprint density at radius 1 is 1.05 bits per heavy atom. The van der Waals surface area contributed by atoms with Gasteiger partial charge in [-0.15, -0.1) is 0 Å². The fraction of sp³-hybridized carbons (Fsp3) is 0.600. The van der Waals surface area contributed by atoms with Crippen molar-refractivity contribution in [3.63, 3.8) is 0 Å². The molecule has 0 amide bonds. The summed E-state index contributed by atoms with van der Waals surface area (Å²) in [7, 11) is 0. The van der Waals surface area contributed by atoms with E-state index in [1.807, 2.05) is 0 Å². The zero-order valence-corrected chi connectivity index (χ0v) is 10.8. The van der Waals surface area contributed by atoms with Gasteiger partial charge in [-0.1, -0.05) is 49.6 Å². The molecule has 1 aromatic carbocycles. The van der Waals surface area contributed by atoms with Crippen LogP contribution in [0.5, 0.6) is 0 Å². The number of benzene rings is 1. The molecular formula is C15H19F3O. The number of aliphatic hydroxyl groups is 1. The van der Waals surface area contributed by atoms with E-state index in [0.29, 0.717) is 12.8 Å². The molecule has 1 atom stereocenters. The van der Waals surface area contributed by atoms with Gasteiger partial charge in [-0.25, -0.2) is 0 Å². The molecule has 1 saturated carbocycles. The topological polar surface area (TPSA) is 20.2 Å². The van der Waals surface area contributed by atoms with Gasteiger partial charge in [0.1, 0.15) is 0 Å². The maximum Gasteiger partial charge on any atom is 0.395 e. The summed E-state index contributed by atoms with van der Waals surface area (Å²) in [5.41, 5.74) is -0.914. The summed E-state index contributed by atoms with van der Waals surface area (Å²) in [5.74, 6) is -1.57. The van der Waals surface area contributed by atoms with Crippen molar-refractivity contribution in [2.45, 2.75) is 56.2 Å². The van der Waals surface area contributed by atoms with Gasteiger partial charge in [-0.05, 0) is 24.8 Å². The predicted octanol–water partition coefficient (Wildman–Crippen LogP) is 4.42. The Morgan fingerprint density at radius 2 is 1.63 bits per heavy atom. The van der Waals surface area contributed by atoms with Gasteiger partial charge >= 0.3 is 6.18 Å². The predicted molar refractivity (Wildman–Crippen MR) is 67.9 cm³/mol. The Bertz CT molecular complexity index is 394. The first-order valence-corrected chi connectivity index (χ1v) is 6.75. The Hall–Kier alpha value is -1.03. The molecule has 0 saturated heterocycles. The van der Waals surface area contributed by atoms with Gasteiger partial charge in [0.05, 0.1) is 11.5 Å². The molecule has 0 bridgehead atoms. The van der Waals surface area contributed by atoms with Crippen LogP contribution in [0.15, 0.2) is 30.3 Å². The highest BCUT2D eigenvalue weighted by Crippen LogP contribution is 2.44. The molecular weight excluding hydrogens is 253 g/mol. The molecule has 1 aliphatic rings. The van der Waals surface area contributed by atoms with E-state index in [2.05, 4.69) is 0 Å². The lowest BCUT2D eigenvalue weighted by Gasteiger charge is -2.36. The van der Waals surface area contributed by atoms with Crippen molar-refractivity contribution in [2.24, 2.45) is 0 Å². The summed E-state index contributed by atoms with van der Waals surface area (Å²) in [6, 6.07) is 7.90. The van der Waals surface area contributed by atoms with Crippen molar-refractivity contribution in [3.05, 3.63) is 35.9 Å². The maximum atomic E-state index is 13.2. The monoisotopic (exact) mass is 272 g/mol. The van der Waals surface area contributed by atoms with E-state index in [9.17, 15) is 18.3 Å². The Kier molecular flexibility index (Phi) is 4.19. The summed E-state index contributed by atoms with van der Waals surface area (Å²) in [5, 5.41) is 10.4. The number of hydrogen-bond donors (Lipinski definition) is 1. The molecule has 1 aliphatic carbocycles. The van der Waals surface area contributed by atoms with Crippen LogP contribution in [0.2, 0.25) is 0 Å². The van der Waals surface area contributed by atoms with Gasteiger partial charge in [0, 0.05) is 0 Å². The molecule has 19 heavy (non-hydrogen) atoms. The smallest absolute Gasteiger partial charge is 0.390 e. The molecule has 0 radical (unpaired) electrons. The van der Waals surface area contributed by atoms with Crippen molar-refractivity contribution in [2.75, 3.05) is 0 Å². The Labute approximate surface area is 111 Å². The van der Waals surface area contributed by atoms with Crippen molar-refractivity contribution in [1.82, 2.24) is 0 Å². The summed E-state index contributed by atoms with van der Waals surface area (Å²) in [6.07, 6.45) is -0.941. The van der Waals surface area contributed by atoms with Crippen LogP contribution >= 0.6 is 0 Å². The van der Waals surface area contributed by atoms with E-state index >= 15 is 0 Å². The van der Waals surface area contributed by atoms with Crippen LogP contribution in [-0.2, 0) is 0 Å². The first-order chi connectivity index (χ1) is 8.91. The van der Waals surface area contributed by atoms with E-state index in [-0.39, 0.29) is 12.0 Å². The van der Waals surface area contributed by atoms with Crippen molar-refractivity contribution >= 4 is 0 Å². The van der Waals surface area contributed by atoms with Gasteiger partial charge in [0.2, 0.25) is 0 Å². The highest BCUT2D eigenvalue weighted by molar-refractivity contribution is 5.21. The number of halogens is 3. The lowest BCUT2D eigenvalue weighted by molar-refractivity contribution is -0.166. The molecule has 0 aromatic heterocycles. The van der Waals surface area contributed by atoms with E-state index in [1.165, 1.54) is 12.1 Å². The minimum atomic E-state index is -4.31. The molecule has 2 rings (SSSR count). The fourth-order valence-corrected chi connectivity index (χ4v) is 2.90. The normalized spacial score (nSPS) is 21.1. The zero-order chi connectivity index (χ0) is 13.9. The van der Waals surface area contributed by atoms with Gasteiger partial charge in [0.25, 0.3) is 0 Å². The van der Waals surface area contributed by atoms with Gasteiger partial charge in [0.15, 0.2) is 0 Å². The second-order valence-corrected chi connectivity index (χ2v) is 5.49. The van der Waals surface area contributed by atoms with Crippen LogP contribution < -0.4 is 0 Å². The van der Waals surface area contributed by atoms with E-state index in [4.69, 9.17) is 0 Å². The van der Waals surface area contributed by atoms with Gasteiger partial charge in [-0.3, -0.25) is 0 Å². The minimum Gasteiger partial charge on any atom is -0.390 e. The fourth-order valence-electron chi connectivity index (χ4n) is 2.90. The highest BCUT2D eigenvalue weighted by Gasteiger charge is 2.45. The van der Waals surface area contributed by atoms with Crippen LogP contribution in [0, 0.1) is 0 Å². The molecule has 1 nitrogen and oxygen atoms in total. The quantitative estimate of drug-likeness (QED) is 0.863. The number of rotatable bonds is 3. The first-order valence-electron chi connectivity index (χ1n) is 6.75. The Balaban J connectivity index is 2.20. The molecule has 0 aliphatic heterocycles. The highest BCUT2D eigenvalue weighted by atomic mass is 19.4. The third-order valence-corrected chi connectivity index (χ3v) is 3.97. The lowest BCUT2D eigenvalue weighted by atomic mass is 9.77. The molecule has 1 N–H and O–H groups in total. The largest absolute Gasteiger partial charge is 0.395 e. The molecule has 0 heterocycles. The van der Waals surface area contributed by atoms with E-state index in [1.54, 1.807) is 18.2 Å². The van der Waals surface area contributed by atoms with Crippen molar-refractivity contribution < 1.29 is 18.3 Å². The van der Waals surface area contributed by atoms with Crippen LogP contribution in [-0.4, -0.2) is 16.9 Å². The lowest BCUT2D eigenvalue weighted by Crippen LogP contribution is -2.37. The minimum absolute atomic E-state index is 0.222. The molecule has 4 heteroatoms. The van der Waals surface area contributed by atoms with Crippen molar-refractivity contribution in [1.29, 1.82) is 0 Å². The molecule has 1 fully saturated rings. The summed E-state index contributed by atoms with van der Waals surface area (Å²) in [6.45, 7) is 0. The summed E-state index contributed by atoms with van der Waals surface area (Å²) < 4.78 is 39.7. The number of hydrogen-bond acceptors (Lipinski definition) is 1. The van der Waals surface area contributed by atoms with Crippen molar-refractivity contribution in [3.8, 4) is 0 Å². The second kappa shape index (κ2) is 5.53. The van der Waals surface area contributed by atoms with Gasteiger partial charge in [-0.2, -0.15) is 13.2 Å². The van der Waals surface area contributed by atoms with Gasteiger partial charge < -0.3 is 5.11 Å². The first kappa shape index (κ1) is 14.4. The van der Waals surface area contributed by atoms with E-state index in [0.717, 1.165) is 19.3 Å². The standard InChI is InChI=1S/C15H19F3O/c16-15(17,18)13(12-7-3-1-4-8-12)11-14(19)9-5-2-6-10-14/h1,3-4,7-8,13,19H,2,5-6,9-11H2. The third-order valence-electron chi connectivity index (χ3n) is 3.97. The van der Waals surface area contributed by atoms with E-state index < -0.39 is 17.7 Å². The average molecular weight is 272 g/mol. The molecule has 1 unspecified atom stereocenters. The van der Waals surface area contributed by atoms with Crippen LogP contribution in [0.25, 0.3) is 0 Å². The Morgan fingerprint density at radius 3 is 2.16 bits per heavy atom. The average Bonchev–Trinajstić information content (AvgIpc) is 2.37. The van der Waals surface area contributed by atoms with Crippen LogP contribution in [0.1, 0.15) is 50.0 Å². The third kappa shape index (κ3) is 3.72. The van der Waals surface area contributed by atoms with Crippen LogP contribution in [0.3, 0.4) is 0 Å².